The summed E-state index contributed by atoms with van der Waals surface area (Å²) in [5.41, 5.74) is 0.812. The second-order valence-corrected chi connectivity index (χ2v) is 3.70. The Kier molecular flexibility index (Phi) is 4.03. The number of aliphatic carboxylic acids is 1. The highest BCUT2D eigenvalue weighted by molar-refractivity contribution is 9.10. The molecule has 0 fully saturated rings. The number of rotatable bonds is 4. The molecule has 1 atom stereocenters. The third kappa shape index (κ3) is 3.43. The summed E-state index contributed by atoms with van der Waals surface area (Å²) < 4.78 is 0.750. The molecule has 0 amide bonds. The number of hydrogen-bond donors (Lipinski definition) is 2. The maximum absolute atomic E-state index is 10.5. The molecule has 1 aromatic heterocycles. The van der Waals surface area contributed by atoms with Crippen LogP contribution in [0.25, 0.3) is 0 Å². The molecule has 0 saturated carbocycles. The number of hydrogen-bond acceptors (Lipinski definition) is 3. The summed E-state index contributed by atoms with van der Waals surface area (Å²) in [6.07, 6.45) is 0. The molecule has 5 heteroatoms. The van der Waals surface area contributed by atoms with Crippen molar-refractivity contribution >= 4 is 21.9 Å². The molecule has 76 valence electrons. The van der Waals surface area contributed by atoms with Crippen LogP contribution in [0.2, 0.25) is 0 Å². The molecule has 1 aromatic rings. The lowest BCUT2D eigenvalue weighted by atomic mass is 10.3. The van der Waals surface area contributed by atoms with Gasteiger partial charge in [-0.15, -0.1) is 0 Å². The fourth-order valence-corrected chi connectivity index (χ4v) is 1.27. The standard InChI is InChI=1S/C9H11BrN2O2/c1-6(9(13)14)11-5-7-3-2-4-8(10)12-7/h2-4,6,11H,5H2,1H3,(H,13,14). The van der Waals surface area contributed by atoms with Crippen LogP contribution in [-0.2, 0) is 11.3 Å². The molecule has 0 spiro atoms. The Balaban J connectivity index is 2.49. The van der Waals surface area contributed by atoms with E-state index in [0.717, 1.165) is 10.3 Å². The van der Waals surface area contributed by atoms with Gasteiger partial charge in [-0.1, -0.05) is 6.07 Å². The van der Waals surface area contributed by atoms with Gasteiger partial charge in [0.25, 0.3) is 0 Å². The van der Waals surface area contributed by atoms with Gasteiger partial charge in [0.05, 0.1) is 5.69 Å². The molecular formula is C9H11BrN2O2. The number of carboxylic acids is 1. The number of nitrogens with one attached hydrogen (secondary N) is 1. The normalized spacial score (nSPS) is 12.4. The average molecular weight is 259 g/mol. The Morgan fingerprint density at radius 1 is 1.71 bits per heavy atom. The molecule has 1 heterocycles. The molecule has 2 N–H and O–H groups in total. The minimum atomic E-state index is -0.861. The summed E-state index contributed by atoms with van der Waals surface area (Å²) in [5.74, 6) is -0.861. The lowest BCUT2D eigenvalue weighted by Gasteiger charge is -2.08. The SMILES string of the molecule is CC(NCc1cccc(Br)n1)C(=O)O. The topological polar surface area (TPSA) is 62.2 Å². The van der Waals surface area contributed by atoms with Gasteiger partial charge in [0.1, 0.15) is 10.6 Å². The molecule has 0 aliphatic heterocycles. The van der Waals surface area contributed by atoms with Crippen molar-refractivity contribution in [2.24, 2.45) is 0 Å². The van der Waals surface area contributed by atoms with E-state index in [1.165, 1.54) is 0 Å². The second kappa shape index (κ2) is 5.07. The number of aromatic nitrogens is 1. The van der Waals surface area contributed by atoms with Crippen LogP contribution in [0.1, 0.15) is 12.6 Å². The highest BCUT2D eigenvalue weighted by Gasteiger charge is 2.09. The summed E-state index contributed by atoms with van der Waals surface area (Å²) >= 11 is 3.24. The van der Waals surface area contributed by atoms with Gasteiger partial charge in [0.2, 0.25) is 0 Å². The van der Waals surface area contributed by atoms with Crippen molar-refractivity contribution in [1.29, 1.82) is 0 Å². The Bertz CT molecular complexity index is 330. The molecule has 14 heavy (non-hydrogen) atoms. The Hall–Kier alpha value is -0.940. The van der Waals surface area contributed by atoms with Gasteiger partial charge in [-0.2, -0.15) is 0 Å². The van der Waals surface area contributed by atoms with Crippen molar-refractivity contribution in [2.45, 2.75) is 19.5 Å². The van der Waals surface area contributed by atoms with E-state index in [4.69, 9.17) is 5.11 Å². The lowest BCUT2D eigenvalue weighted by Crippen LogP contribution is -2.33. The minimum Gasteiger partial charge on any atom is -0.480 e. The molecule has 4 nitrogen and oxygen atoms in total. The zero-order chi connectivity index (χ0) is 10.6. The summed E-state index contributed by atoms with van der Waals surface area (Å²) in [4.78, 5) is 14.7. The average Bonchev–Trinajstić information content (AvgIpc) is 2.14. The van der Waals surface area contributed by atoms with Crippen molar-refractivity contribution in [3.05, 3.63) is 28.5 Å². The Morgan fingerprint density at radius 2 is 2.43 bits per heavy atom. The maximum Gasteiger partial charge on any atom is 0.320 e. The monoisotopic (exact) mass is 258 g/mol. The first-order chi connectivity index (χ1) is 6.59. The fraction of sp³-hybridized carbons (Fsp3) is 0.333. The summed E-state index contributed by atoms with van der Waals surface area (Å²) in [5, 5.41) is 11.5. The molecule has 0 aliphatic rings. The number of pyridine rings is 1. The Labute approximate surface area is 90.5 Å². The Morgan fingerprint density at radius 3 is 3.00 bits per heavy atom. The van der Waals surface area contributed by atoms with Crippen LogP contribution >= 0.6 is 15.9 Å². The summed E-state index contributed by atoms with van der Waals surface area (Å²) in [6, 6.07) is 4.96. The summed E-state index contributed by atoms with van der Waals surface area (Å²) in [7, 11) is 0. The van der Waals surface area contributed by atoms with Crippen LogP contribution in [0.4, 0.5) is 0 Å². The van der Waals surface area contributed by atoms with Gasteiger partial charge in [0, 0.05) is 6.54 Å². The molecule has 0 saturated heterocycles. The van der Waals surface area contributed by atoms with E-state index in [9.17, 15) is 4.79 Å². The molecule has 0 aromatic carbocycles. The van der Waals surface area contributed by atoms with E-state index in [2.05, 4.69) is 26.2 Å². The molecule has 1 rings (SSSR count). The van der Waals surface area contributed by atoms with Crippen LogP contribution in [-0.4, -0.2) is 22.1 Å². The zero-order valence-corrected chi connectivity index (χ0v) is 9.28. The van der Waals surface area contributed by atoms with Gasteiger partial charge in [-0.25, -0.2) is 4.98 Å². The minimum absolute atomic E-state index is 0.451. The first-order valence-electron chi connectivity index (χ1n) is 4.17. The first kappa shape index (κ1) is 11.1. The van der Waals surface area contributed by atoms with E-state index in [0.29, 0.717) is 6.54 Å². The van der Waals surface area contributed by atoms with Crippen LogP contribution in [0.5, 0.6) is 0 Å². The van der Waals surface area contributed by atoms with Gasteiger partial charge in [-0.05, 0) is 35.0 Å². The van der Waals surface area contributed by atoms with Gasteiger partial charge in [0.15, 0.2) is 0 Å². The predicted octanol–water partition coefficient (Wildman–Crippen LogP) is 1.41. The van der Waals surface area contributed by atoms with Crippen LogP contribution < -0.4 is 5.32 Å². The molecule has 0 radical (unpaired) electrons. The van der Waals surface area contributed by atoms with Gasteiger partial charge >= 0.3 is 5.97 Å². The maximum atomic E-state index is 10.5. The van der Waals surface area contributed by atoms with E-state index < -0.39 is 12.0 Å². The number of halogens is 1. The molecular weight excluding hydrogens is 248 g/mol. The van der Waals surface area contributed by atoms with Gasteiger partial charge < -0.3 is 5.11 Å². The van der Waals surface area contributed by atoms with Crippen molar-refractivity contribution < 1.29 is 9.90 Å². The van der Waals surface area contributed by atoms with E-state index in [1.54, 1.807) is 6.92 Å². The third-order valence-electron chi connectivity index (χ3n) is 1.73. The van der Waals surface area contributed by atoms with Crippen molar-refractivity contribution in [2.75, 3.05) is 0 Å². The highest BCUT2D eigenvalue weighted by atomic mass is 79.9. The van der Waals surface area contributed by atoms with Crippen molar-refractivity contribution in [1.82, 2.24) is 10.3 Å². The molecule has 1 unspecified atom stereocenters. The highest BCUT2D eigenvalue weighted by Crippen LogP contribution is 2.05. The molecule has 0 aliphatic carbocycles. The number of carbonyl (C=O) groups is 1. The fourth-order valence-electron chi connectivity index (χ4n) is 0.894. The zero-order valence-electron chi connectivity index (χ0n) is 7.70. The van der Waals surface area contributed by atoms with Crippen molar-refractivity contribution in [3.8, 4) is 0 Å². The van der Waals surface area contributed by atoms with Crippen LogP contribution in [0.3, 0.4) is 0 Å². The number of nitrogens with zero attached hydrogens (tertiary/aromatic N) is 1. The van der Waals surface area contributed by atoms with E-state index in [-0.39, 0.29) is 0 Å². The third-order valence-corrected chi connectivity index (χ3v) is 2.17. The van der Waals surface area contributed by atoms with Crippen molar-refractivity contribution in [3.63, 3.8) is 0 Å². The first-order valence-corrected chi connectivity index (χ1v) is 4.96. The van der Waals surface area contributed by atoms with E-state index in [1.807, 2.05) is 18.2 Å². The lowest BCUT2D eigenvalue weighted by molar-refractivity contribution is -0.139. The quantitative estimate of drug-likeness (QED) is 0.802. The van der Waals surface area contributed by atoms with Crippen LogP contribution in [0.15, 0.2) is 22.8 Å². The smallest absolute Gasteiger partial charge is 0.320 e. The van der Waals surface area contributed by atoms with E-state index >= 15 is 0 Å². The van der Waals surface area contributed by atoms with Gasteiger partial charge in [-0.3, -0.25) is 10.1 Å². The number of carboxylic acid groups (broad SMARTS) is 1. The van der Waals surface area contributed by atoms with Crippen LogP contribution in [0, 0.1) is 0 Å². The second-order valence-electron chi connectivity index (χ2n) is 2.89. The predicted molar refractivity (Wildman–Crippen MR) is 55.9 cm³/mol. The largest absolute Gasteiger partial charge is 0.480 e. The molecule has 0 bridgehead atoms. The summed E-state index contributed by atoms with van der Waals surface area (Å²) in [6.45, 7) is 2.05.